The summed E-state index contributed by atoms with van der Waals surface area (Å²) >= 11 is 0. The zero-order valence-electron chi connectivity index (χ0n) is 23.2. The number of likely N-dealkylation sites (N-methyl/N-ethyl adjacent to an activating group) is 1. The second kappa shape index (κ2) is 14.1. The van der Waals surface area contributed by atoms with Crippen molar-refractivity contribution in [2.24, 2.45) is 0 Å². The first-order chi connectivity index (χ1) is 18.7. The van der Waals surface area contributed by atoms with Crippen LogP contribution in [0.5, 0.6) is 11.5 Å². The van der Waals surface area contributed by atoms with Crippen LogP contribution in [0.3, 0.4) is 0 Å². The van der Waals surface area contributed by atoms with Gasteiger partial charge >= 0.3 is 5.91 Å². The van der Waals surface area contributed by atoms with E-state index in [1.54, 1.807) is 20.3 Å². The molecule has 3 N–H and O–H groups in total. The number of ether oxygens (including phenoxy) is 2. The highest BCUT2D eigenvalue weighted by Gasteiger charge is 2.21. The Balaban J connectivity index is 1.79. The molecule has 3 amide bonds. The third-order valence-corrected chi connectivity index (χ3v) is 6.64. The maximum Gasteiger partial charge on any atom is 0.314 e. The Labute approximate surface area is 230 Å². The van der Waals surface area contributed by atoms with Crippen molar-refractivity contribution in [1.82, 2.24) is 21.1 Å². The third-order valence-electron chi connectivity index (χ3n) is 6.64. The summed E-state index contributed by atoms with van der Waals surface area (Å²) in [5.41, 5.74) is 7.67. The van der Waals surface area contributed by atoms with Gasteiger partial charge in [-0.25, -0.2) is 0 Å². The fourth-order valence-electron chi connectivity index (χ4n) is 4.32. The van der Waals surface area contributed by atoms with Gasteiger partial charge in [0.05, 0.1) is 20.3 Å². The number of hydrogen-bond acceptors (Lipinski definition) is 7. The van der Waals surface area contributed by atoms with Crippen molar-refractivity contribution >= 4 is 23.4 Å². The molecule has 3 rings (SSSR count). The van der Waals surface area contributed by atoms with Crippen LogP contribution in [0, 0.1) is 11.8 Å². The average molecular weight is 536 g/mol. The highest BCUT2D eigenvalue weighted by atomic mass is 16.5. The highest BCUT2D eigenvalue weighted by molar-refractivity contribution is 5.97. The first kappa shape index (κ1) is 29.3. The summed E-state index contributed by atoms with van der Waals surface area (Å²) in [5, 5.41) is 3.09. The van der Waals surface area contributed by atoms with Crippen LogP contribution < -0.4 is 30.5 Å². The number of rotatable bonds is 9. The lowest BCUT2D eigenvalue weighted by molar-refractivity contribution is -0.126. The van der Waals surface area contributed by atoms with Crippen LogP contribution in [0.15, 0.2) is 36.4 Å². The van der Waals surface area contributed by atoms with E-state index in [4.69, 9.17) is 9.47 Å². The number of nitrogens with zero attached hydrogens (tertiary/aromatic N) is 2. The van der Waals surface area contributed by atoms with E-state index < -0.39 is 5.91 Å². The molecule has 0 aliphatic carbocycles. The Morgan fingerprint density at radius 2 is 1.69 bits per heavy atom. The van der Waals surface area contributed by atoms with Gasteiger partial charge in [0.15, 0.2) is 11.5 Å². The average Bonchev–Trinajstić information content (AvgIpc) is 2.95. The van der Waals surface area contributed by atoms with Crippen LogP contribution in [0.2, 0.25) is 0 Å². The van der Waals surface area contributed by atoms with Gasteiger partial charge in [0, 0.05) is 43.9 Å². The molecule has 1 heterocycles. The van der Waals surface area contributed by atoms with Gasteiger partial charge in [0.25, 0.3) is 5.91 Å². The topological polar surface area (TPSA) is 112 Å². The lowest BCUT2D eigenvalue weighted by Gasteiger charge is -2.34. The van der Waals surface area contributed by atoms with Gasteiger partial charge in [0.1, 0.15) is 0 Å². The quantitative estimate of drug-likeness (QED) is 0.333. The monoisotopic (exact) mass is 535 g/mol. The summed E-state index contributed by atoms with van der Waals surface area (Å²) in [6, 6.07) is 11.0. The van der Waals surface area contributed by atoms with Gasteiger partial charge in [0.2, 0.25) is 5.91 Å². The minimum absolute atomic E-state index is 0.0825. The van der Waals surface area contributed by atoms with E-state index in [1.807, 2.05) is 37.3 Å². The second-order valence-electron chi connectivity index (χ2n) is 9.32. The Morgan fingerprint density at radius 1 is 0.974 bits per heavy atom. The predicted molar refractivity (Wildman–Crippen MR) is 150 cm³/mol. The van der Waals surface area contributed by atoms with Crippen LogP contribution in [-0.4, -0.2) is 70.1 Å². The lowest BCUT2D eigenvalue weighted by Crippen LogP contribution is -2.44. The van der Waals surface area contributed by atoms with Crippen molar-refractivity contribution in [2.45, 2.75) is 32.7 Å². The van der Waals surface area contributed by atoms with Gasteiger partial charge in [-0.2, -0.15) is 0 Å². The number of aryl methyl sites for hydroxylation is 1. The minimum Gasteiger partial charge on any atom is -0.493 e. The number of methoxy groups -OCH3 is 2. The maximum absolute atomic E-state index is 13.6. The molecule has 0 spiro atoms. The van der Waals surface area contributed by atoms with Crippen molar-refractivity contribution in [3.8, 4) is 23.3 Å². The second-order valence-corrected chi connectivity index (χ2v) is 9.32. The van der Waals surface area contributed by atoms with Gasteiger partial charge in [-0.3, -0.25) is 25.2 Å². The molecule has 10 nitrogen and oxygen atoms in total. The summed E-state index contributed by atoms with van der Waals surface area (Å²) in [6.45, 7) is 7.04. The van der Waals surface area contributed by atoms with E-state index in [9.17, 15) is 14.4 Å². The van der Waals surface area contributed by atoms with Crippen LogP contribution >= 0.6 is 0 Å². The maximum atomic E-state index is 13.6. The molecule has 2 aromatic carbocycles. The molecule has 1 aliphatic rings. The van der Waals surface area contributed by atoms with Crippen molar-refractivity contribution in [2.75, 3.05) is 52.3 Å². The van der Waals surface area contributed by atoms with E-state index in [0.717, 1.165) is 43.0 Å². The Morgan fingerprint density at radius 3 is 2.36 bits per heavy atom. The normalized spacial score (nSPS) is 13.9. The molecule has 0 radical (unpaired) electrons. The molecule has 1 atom stereocenters. The van der Waals surface area contributed by atoms with Gasteiger partial charge in [-0.05, 0) is 68.6 Å². The lowest BCUT2D eigenvalue weighted by atomic mass is 9.99. The SMILES string of the molecule is CC#CC(=O)NNC(=O)CCc1ccc(N2CCN(C)CC2)cc1C(=O)N[C@H](C)c1ccc(OC)c(OC)c1. The molecule has 1 saturated heterocycles. The van der Waals surface area contributed by atoms with Gasteiger partial charge in [-0.15, -0.1) is 0 Å². The number of benzene rings is 2. The predicted octanol–water partition coefficient (Wildman–Crippen LogP) is 2.05. The first-order valence-corrected chi connectivity index (χ1v) is 12.9. The number of hydrazine groups is 1. The molecule has 1 fully saturated rings. The van der Waals surface area contributed by atoms with E-state index in [2.05, 4.69) is 44.9 Å². The largest absolute Gasteiger partial charge is 0.493 e. The molecule has 10 heteroatoms. The number of carbonyl (C=O) groups is 3. The summed E-state index contributed by atoms with van der Waals surface area (Å²) in [5.74, 6) is 4.74. The molecule has 0 saturated carbocycles. The third kappa shape index (κ3) is 8.12. The molecule has 208 valence electrons. The number of hydrogen-bond donors (Lipinski definition) is 3. The van der Waals surface area contributed by atoms with E-state index >= 15 is 0 Å². The smallest absolute Gasteiger partial charge is 0.314 e. The number of nitrogens with one attached hydrogen (secondary N) is 3. The zero-order chi connectivity index (χ0) is 28.4. The molecule has 0 bridgehead atoms. The van der Waals surface area contributed by atoms with Crippen molar-refractivity contribution in [1.29, 1.82) is 0 Å². The van der Waals surface area contributed by atoms with Crippen LogP contribution in [0.25, 0.3) is 0 Å². The standard InChI is InChI=1S/C29H37N5O5/c1-6-7-27(35)31-32-28(36)13-10-21-8-11-23(34-16-14-33(3)15-17-34)19-24(21)29(37)30-20(2)22-9-12-25(38-4)26(18-22)39-5/h8-9,11-12,18-20H,10,13-17H2,1-5H3,(H,30,37)(H,31,35)(H,32,36)/t20-/m1/s1. The van der Waals surface area contributed by atoms with Crippen molar-refractivity contribution in [3.05, 3.63) is 53.1 Å². The van der Waals surface area contributed by atoms with E-state index in [0.29, 0.717) is 23.5 Å². The summed E-state index contributed by atoms with van der Waals surface area (Å²) in [4.78, 5) is 41.9. The number of piperazine rings is 1. The fourth-order valence-corrected chi connectivity index (χ4v) is 4.32. The molecule has 1 aliphatic heterocycles. The van der Waals surface area contributed by atoms with E-state index in [-0.39, 0.29) is 24.3 Å². The van der Waals surface area contributed by atoms with Crippen LogP contribution in [0.1, 0.15) is 47.8 Å². The van der Waals surface area contributed by atoms with Crippen LogP contribution in [0.4, 0.5) is 5.69 Å². The summed E-state index contributed by atoms with van der Waals surface area (Å²) in [7, 11) is 5.24. The number of amides is 3. The molecule has 0 aromatic heterocycles. The molecule has 39 heavy (non-hydrogen) atoms. The van der Waals surface area contributed by atoms with Gasteiger partial charge < -0.3 is 24.6 Å². The fraction of sp³-hybridized carbons (Fsp3) is 0.414. The summed E-state index contributed by atoms with van der Waals surface area (Å²) < 4.78 is 10.7. The van der Waals surface area contributed by atoms with Crippen molar-refractivity contribution in [3.63, 3.8) is 0 Å². The van der Waals surface area contributed by atoms with Crippen LogP contribution in [-0.2, 0) is 16.0 Å². The number of carbonyl (C=O) groups excluding carboxylic acids is 3. The van der Waals surface area contributed by atoms with Crippen molar-refractivity contribution < 1.29 is 23.9 Å². The Hall–Kier alpha value is -4.23. The highest BCUT2D eigenvalue weighted by Crippen LogP contribution is 2.30. The molecule has 0 unspecified atom stereocenters. The first-order valence-electron chi connectivity index (χ1n) is 12.9. The van der Waals surface area contributed by atoms with E-state index in [1.165, 1.54) is 6.92 Å². The number of anilines is 1. The Kier molecular flexibility index (Phi) is 10.6. The molecular weight excluding hydrogens is 498 g/mol. The zero-order valence-corrected chi connectivity index (χ0v) is 23.2. The minimum atomic E-state index is -0.591. The molecular formula is C29H37N5O5. The summed E-state index contributed by atoms with van der Waals surface area (Å²) in [6.07, 6.45) is 0.400. The van der Waals surface area contributed by atoms with Gasteiger partial charge in [-0.1, -0.05) is 18.1 Å². The Bertz CT molecular complexity index is 1240. The molecule has 2 aromatic rings.